The molecule has 30 heavy (non-hydrogen) atoms. The van der Waals surface area contributed by atoms with Crippen LogP contribution in [0.3, 0.4) is 0 Å². The topological polar surface area (TPSA) is 51.7 Å². The summed E-state index contributed by atoms with van der Waals surface area (Å²) in [6.45, 7) is 6.70. The number of ether oxygens (including phenoxy) is 2. The summed E-state index contributed by atoms with van der Waals surface area (Å²) >= 11 is 9.30. The second-order valence-corrected chi connectivity index (χ2v) is 9.57. The molecule has 0 aliphatic carbocycles. The van der Waals surface area contributed by atoms with Crippen LogP contribution in [0.4, 0.5) is 9.18 Å². The summed E-state index contributed by atoms with van der Waals surface area (Å²) in [7, 11) is 0. The number of aromatic nitrogens is 1. The van der Waals surface area contributed by atoms with Crippen LogP contribution in [0.15, 0.2) is 34.8 Å². The van der Waals surface area contributed by atoms with Gasteiger partial charge in [-0.1, -0.05) is 17.7 Å². The predicted molar refractivity (Wildman–Crippen MR) is 118 cm³/mol. The fourth-order valence-electron chi connectivity index (χ4n) is 3.15. The normalized spacial score (nSPS) is 15.2. The van der Waals surface area contributed by atoms with Crippen LogP contribution in [0.1, 0.15) is 44.9 Å². The fourth-order valence-corrected chi connectivity index (χ4v) is 3.67. The molecule has 0 unspecified atom stereocenters. The average Bonchev–Trinajstić information content (AvgIpc) is 2.66. The van der Waals surface area contributed by atoms with E-state index in [1.165, 1.54) is 6.07 Å². The number of piperidine rings is 1. The van der Waals surface area contributed by atoms with Crippen molar-refractivity contribution in [1.29, 1.82) is 0 Å². The first-order valence-electron chi connectivity index (χ1n) is 9.84. The van der Waals surface area contributed by atoms with Crippen LogP contribution in [0.5, 0.6) is 5.88 Å². The second-order valence-electron chi connectivity index (χ2n) is 8.28. The summed E-state index contributed by atoms with van der Waals surface area (Å²) in [4.78, 5) is 18.4. The molecule has 0 saturated carbocycles. The summed E-state index contributed by atoms with van der Waals surface area (Å²) in [5, 5.41) is 0.359. The molecule has 1 aromatic carbocycles. The monoisotopic (exact) mass is 498 g/mol. The third-order valence-electron chi connectivity index (χ3n) is 4.65. The van der Waals surface area contributed by atoms with Crippen LogP contribution in [-0.4, -0.2) is 40.8 Å². The maximum atomic E-state index is 14.1. The smallest absolute Gasteiger partial charge is 0.410 e. The van der Waals surface area contributed by atoms with Crippen LogP contribution < -0.4 is 4.74 Å². The van der Waals surface area contributed by atoms with E-state index in [-0.39, 0.29) is 18.0 Å². The van der Waals surface area contributed by atoms with Crippen molar-refractivity contribution in [1.82, 2.24) is 9.88 Å². The maximum Gasteiger partial charge on any atom is 0.410 e. The summed E-state index contributed by atoms with van der Waals surface area (Å²) in [6.07, 6.45) is 1.36. The molecule has 5 nitrogen and oxygen atoms in total. The number of likely N-dealkylation sites (tertiary alicyclic amines) is 1. The third kappa shape index (κ3) is 6.32. The maximum absolute atomic E-state index is 14.1. The highest BCUT2D eigenvalue weighted by Crippen LogP contribution is 2.26. The van der Waals surface area contributed by atoms with Crippen LogP contribution in [0, 0.1) is 5.82 Å². The number of hydrogen-bond acceptors (Lipinski definition) is 4. The van der Waals surface area contributed by atoms with Gasteiger partial charge in [0.2, 0.25) is 5.88 Å². The quantitative estimate of drug-likeness (QED) is 0.517. The number of pyridine rings is 1. The Hall–Kier alpha value is -1.86. The van der Waals surface area contributed by atoms with Crippen LogP contribution >= 0.6 is 27.5 Å². The molecule has 1 aliphatic rings. The molecular formula is C22H25BrClFN2O3. The van der Waals surface area contributed by atoms with Crippen LogP contribution in [0.2, 0.25) is 5.02 Å². The molecule has 1 aromatic heterocycles. The molecule has 0 bridgehead atoms. The molecule has 0 radical (unpaired) electrons. The van der Waals surface area contributed by atoms with Gasteiger partial charge in [0.25, 0.3) is 0 Å². The number of hydrogen-bond donors (Lipinski definition) is 0. The van der Waals surface area contributed by atoms with E-state index >= 15 is 0 Å². The lowest BCUT2D eigenvalue weighted by Gasteiger charge is -2.33. The average molecular weight is 500 g/mol. The molecule has 1 aliphatic heterocycles. The molecular weight excluding hydrogens is 475 g/mol. The van der Waals surface area contributed by atoms with Crippen molar-refractivity contribution < 1.29 is 18.7 Å². The summed E-state index contributed by atoms with van der Waals surface area (Å²) in [5.74, 6) is 0.121. The molecule has 1 saturated heterocycles. The Balaban J connectivity index is 1.60. The van der Waals surface area contributed by atoms with E-state index < -0.39 is 5.60 Å². The standard InChI is InChI=1S/C22H25BrClFN2O3/c1-22(2,3)30-21(28)27-10-8-16(9-11-27)29-20-7-6-17(23)19(26-20)12-14-4-5-15(24)13-18(14)25/h4-7,13,16H,8-12H2,1-3H3. The second kappa shape index (κ2) is 9.52. The number of benzene rings is 1. The number of halogens is 3. The fraction of sp³-hybridized carbons (Fsp3) is 0.455. The lowest BCUT2D eigenvalue weighted by Crippen LogP contribution is -2.44. The Bertz CT molecular complexity index is 912. The van der Waals surface area contributed by atoms with E-state index in [2.05, 4.69) is 20.9 Å². The third-order valence-corrected chi connectivity index (χ3v) is 5.60. The minimum Gasteiger partial charge on any atom is -0.474 e. The zero-order chi connectivity index (χ0) is 21.9. The van der Waals surface area contributed by atoms with Crippen molar-refractivity contribution in [3.63, 3.8) is 0 Å². The van der Waals surface area contributed by atoms with E-state index in [1.54, 1.807) is 23.1 Å². The first-order valence-corrected chi connectivity index (χ1v) is 11.0. The van der Waals surface area contributed by atoms with E-state index in [4.69, 9.17) is 21.1 Å². The van der Waals surface area contributed by atoms with Crippen LogP contribution in [0.25, 0.3) is 0 Å². The van der Waals surface area contributed by atoms with Crippen molar-refractivity contribution in [2.45, 2.75) is 51.7 Å². The lowest BCUT2D eigenvalue weighted by molar-refractivity contribution is 0.0123. The molecule has 3 rings (SSSR count). The van der Waals surface area contributed by atoms with Crippen molar-refractivity contribution in [3.05, 3.63) is 56.9 Å². The summed E-state index contributed by atoms with van der Waals surface area (Å²) in [6, 6.07) is 8.25. The zero-order valence-electron chi connectivity index (χ0n) is 17.3. The minimum absolute atomic E-state index is 0.0440. The first-order chi connectivity index (χ1) is 14.1. The van der Waals surface area contributed by atoms with Gasteiger partial charge in [0.05, 0.1) is 5.69 Å². The lowest BCUT2D eigenvalue weighted by atomic mass is 10.1. The van der Waals surface area contributed by atoms with Gasteiger partial charge in [-0.2, -0.15) is 0 Å². The number of carbonyl (C=O) groups is 1. The highest BCUT2D eigenvalue weighted by atomic mass is 79.9. The molecule has 0 spiro atoms. The molecule has 2 aromatic rings. The van der Waals surface area contributed by atoms with Gasteiger partial charge in [-0.15, -0.1) is 0 Å². The number of carbonyl (C=O) groups excluding carboxylic acids is 1. The molecule has 1 fully saturated rings. The van der Waals surface area contributed by atoms with Gasteiger partial charge in [-0.3, -0.25) is 0 Å². The largest absolute Gasteiger partial charge is 0.474 e. The van der Waals surface area contributed by atoms with Gasteiger partial charge < -0.3 is 14.4 Å². The molecule has 162 valence electrons. The predicted octanol–water partition coefficient (Wildman–Crippen LogP) is 6.01. The van der Waals surface area contributed by atoms with E-state index in [1.807, 2.05) is 26.8 Å². The Kier molecular flexibility index (Phi) is 7.24. The minimum atomic E-state index is -0.508. The summed E-state index contributed by atoms with van der Waals surface area (Å²) < 4.78 is 26.4. The van der Waals surface area contributed by atoms with E-state index in [9.17, 15) is 9.18 Å². The number of nitrogens with zero attached hydrogens (tertiary/aromatic N) is 2. The van der Waals surface area contributed by atoms with E-state index in [0.717, 1.165) is 4.47 Å². The molecule has 2 heterocycles. The molecule has 8 heteroatoms. The Morgan fingerprint density at radius 3 is 2.60 bits per heavy atom. The van der Waals surface area contributed by atoms with Gasteiger partial charge in [0.15, 0.2) is 0 Å². The Labute approximate surface area is 189 Å². The number of amides is 1. The van der Waals surface area contributed by atoms with Crippen molar-refractivity contribution in [3.8, 4) is 5.88 Å². The highest BCUT2D eigenvalue weighted by Gasteiger charge is 2.28. The zero-order valence-corrected chi connectivity index (χ0v) is 19.6. The number of rotatable bonds is 4. The van der Waals surface area contributed by atoms with Crippen molar-refractivity contribution >= 4 is 33.6 Å². The molecule has 1 amide bonds. The Morgan fingerprint density at radius 2 is 1.97 bits per heavy atom. The van der Waals surface area contributed by atoms with Gasteiger partial charge in [0, 0.05) is 47.9 Å². The first kappa shape index (κ1) is 22.8. The summed E-state index contributed by atoms with van der Waals surface area (Å²) in [5.41, 5.74) is 0.682. The van der Waals surface area contributed by atoms with Gasteiger partial charge in [0.1, 0.15) is 17.5 Å². The molecule has 0 atom stereocenters. The van der Waals surface area contributed by atoms with Gasteiger partial charge in [-0.25, -0.2) is 14.2 Å². The van der Waals surface area contributed by atoms with Crippen molar-refractivity contribution in [2.75, 3.05) is 13.1 Å². The van der Waals surface area contributed by atoms with Crippen molar-refractivity contribution in [2.24, 2.45) is 0 Å². The Morgan fingerprint density at radius 1 is 1.27 bits per heavy atom. The van der Waals surface area contributed by atoms with Crippen LogP contribution in [-0.2, 0) is 11.2 Å². The van der Waals surface area contributed by atoms with Gasteiger partial charge >= 0.3 is 6.09 Å². The van der Waals surface area contributed by atoms with E-state index in [0.29, 0.717) is 54.5 Å². The van der Waals surface area contributed by atoms with Gasteiger partial charge in [-0.05, 0) is 60.5 Å². The SMILES string of the molecule is CC(C)(C)OC(=O)N1CCC(Oc2ccc(Br)c(Cc3ccc(Cl)cc3F)n2)CC1. The highest BCUT2D eigenvalue weighted by molar-refractivity contribution is 9.10. The molecule has 0 N–H and O–H groups in total.